The smallest absolute Gasteiger partial charge is 0.242 e. The highest BCUT2D eigenvalue weighted by Crippen LogP contribution is 2.18. The number of amides is 2. The minimum absolute atomic E-state index is 0.0457. The van der Waals surface area contributed by atoms with Gasteiger partial charge in [-0.25, -0.2) is 4.98 Å². The first kappa shape index (κ1) is 22.3. The molecule has 0 bridgehead atoms. The summed E-state index contributed by atoms with van der Waals surface area (Å²) in [4.78, 5) is 32.1. The zero-order valence-electron chi connectivity index (χ0n) is 18.2. The second kappa shape index (κ2) is 10.6. The Bertz CT molecular complexity index is 1070. The predicted molar refractivity (Wildman–Crippen MR) is 127 cm³/mol. The molecule has 32 heavy (non-hydrogen) atoms. The fraction of sp³-hybridized carbons (Fsp3) is 0.400. The third kappa shape index (κ3) is 5.68. The van der Waals surface area contributed by atoms with Crippen molar-refractivity contribution in [1.82, 2.24) is 19.8 Å². The van der Waals surface area contributed by atoms with Crippen LogP contribution in [0.4, 0.5) is 0 Å². The van der Waals surface area contributed by atoms with Gasteiger partial charge in [-0.05, 0) is 42.7 Å². The van der Waals surface area contributed by atoms with Crippen molar-refractivity contribution < 1.29 is 9.59 Å². The predicted octanol–water partition coefficient (Wildman–Crippen LogP) is 3.99. The number of hydrogen-bond acceptors (Lipinski definition) is 3. The number of rotatable bonds is 7. The van der Waals surface area contributed by atoms with E-state index in [0.29, 0.717) is 24.4 Å². The molecule has 2 aromatic carbocycles. The summed E-state index contributed by atoms with van der Waals surface area (Å²) in [5.74, 6) is 0.917. The lowest BCUT2D eigenvalue weighted by molar-refractivity contribution is -0.131. The van der Waals surface area contributed by atoms with E-state index in [9.17, 15) is 9.59 Å². The maximum absolute atomic E-state index is 13.0. The second-order valence-corrected chi connectivity index (χ2v) is 8.74. The largest absolute Gasteiger partial charge is 0.355 e. The van der Waals surface area contributed by atoms with Gasteiger partial charge in [0.25, 0.3) is 0 Å². The van der Waals surface area contributed by atoms with E-state index < -0.39 is 0 Å². The van der Waals surface area contributed by atoms with E-state index in [4.69, 9.17) is 16.6 Å². The van der Waals surface area contributed by atoms with Gasteiger partial charge < -0.3 is 14.8 Å². The van der Waals surface area contributed by atoms with Gasteiger partial charge in [0.2, 0.25) is 11.8 Å². The fourth-order valence-corrected chi connectivity index (χ4v) is 4.34. The minimum atomic E-state index is -0.0457. The summed E-state index contributed by atoms with van der Waals surface area (Å²) >= 11 is 5.90. The Kier molecular flexibility index (Phi) is 7.43. The summed E-state index contributed by atoms with van der Waals surface area (Å²) in [7, 11) is 0. The van der Waals surface area contributed by atoms with Crippen LogP contribution in [0.3, 0.4) is 0 Å². The van der Waals surface area contributed by atoms with Gasteiger partial charge in [-0.15, -0.1) is 0 Å². The molecule has 0 unspecified atom stereocenters. The Morgan fingerprint density at radius 1 is 0.969 bits per heavy atom. The van der Waals surface area contributed by atoms with Crippen LogP contribution in [0.1, 0.15) is 37.1 Å². The molecule has 1 saturated heterocycles. The van der Waals surface area contributed by atoms with E-state index in [1.807, 2.05) is 45.9 Å². The van der Waals surface area contributed by atoms with E-state index in [2.05, 4.69) is 5.32 Å². The Labute approximate surface area is 193 Å². The maximum atomic E-state index is 13.0. The SMILES string of the molecule is O=C(Cc1ccc(Cl)cc1)NCCc1nc2ccccc2n1CC(=O)N1CCCCCC1. The zero-order chi connectivity index (χ0) is 22.3. The Hall–Kier alpha value is -2.86. The molecule has 7 heteroatoms. The highest BCUT2D eigenvalue weighted by molar-refractivity contribution is 6.30. The molecule has 0 saturated carbocycles. The molecule has 3 aromatic rings. The molecule has 1 aromatic heterocycles. The number of imidazole rings is 1. The molecule has 6 nitrogen and oxygen atoms in total. The first-order valence-electron chi connectivity index (χ1n) is 11.3. The van der Waals surface area contributed by atoms with Crippen molar-refractivity contribution >= 4 is 34.4 Å². The number of carbonyl (C=O) groups is 2. The van der Waals surface area contributed by atoms with Crippen LogP contribution in [0.15, 0.2) is 48.5 Å². The Morgan fingerprint density at radius 3 is 2.44 bits per heavy atom. The van der Waals surface area contributed by atoms with Gasteiger partial charge in [0.1, 0.15) is 12.4 Å². The second-order valence-electron chi connectivity index (χ2n) is 8.30. The van der Waals surface area contributed by atoms with Crippen molar-refractivity contribution in [3.63, 3.8) is 0 Å². The molecule has 4 rings (SSSR count). The summed E-state index contributed by atoms with van der Waals surface area (Å²) in [6.07, 6.45) is 5.40. The van der Waals surface area contributed by atoms with Crippen LogP contribution in [0.25, 0.3) is 11.0 Å². The molecule has 1 aliphatic heterocycles. The van der Waals surface area contributed by atoms with E-state index in [0.717, 1.165) is 48.4 Å². The normalized spacial score (nSPS) is 14.3. The van der Waals surface area contributed by atoms with Gasteiger partial charge in [-0.3, -0.25) is 9.59 Å². The molecular formula is C25H29ClN4O2. The molecule has 0 radical (unpaired) electrons. The van der Waals surface area contributed by atoms with Crippen molar-refractivity contribution in [3.05, 3.63) is 64.9 Å². The highest BCUT2D eigenvalue weighted by atomic mass is 35.5. The first-order chi connectivity index (χ1) is 15.6. The number of para-hydroxylation sites is 2. The van der Waals surface area contributed by atoms with E-state index in [1.54, 1.807) is 12.1 Å². The fourth-order valence-electron chi connectivity index (χ4n) is 4.21. The maximum Gasteiger partial charge on any atom is 0.242 e. The number of carbonyl (C=O) groups excluding carboxylic acids is 2. The number of likely N-dealkylation sites (tertiary alicyclic amines) is 1. The third-order valence-corrected chi connectivity index (χ3v) is 6.19. The van der Waals surface area contributed by atoms with Crippen molar-refractivity contribution in [2.24, 2.45) is 0 Å². The van der Waals surface area contributed by atoms with Gasteiger partial charge in [0, 0.05) is 31.1 Å². The quantitative estimate of drug-likeness (QED) is 0.589. The number of aromatic nitrogens is 2. The molecule has 2 amide bonds. The molecule has 1 N–H and O–H groups in total. The van der Waals surface area contributed by atoms with Gasteiger partial charge in [-0.2, -0.15) is 0 Å². The lowest BCUT2D eigenvalue weighted by Gasteiger charge is -2.21. The molecule has 2 heterocycles. The van der Waals surface area contributed by atoms with Crippen LogP contribution in [0.5, 0.6) is 0 Å². The van der Waals surface area contributed by atoms with Crippen LogP contribution in [0.2, 0.25) is 5.02 Å². The summed E-state index contributed by atoms with van der Waals surface area (Å²) in [5.41, 5.74) is 2.75. The molecule has 168 valence electrons. The van der Waals surface area contributed by atoms with Crippen molar-refractivity contribution in [1.29, 1.82) is 0 Å². The van der Waals surface area contributed by atoms with Gasteiger partial charge >= 0.3 is 0 Å². The molecule has 0 aliphatic carbocycles. The molecule has 0 atom stereocenters. The summed E-state index contributed by atoms with van der Waals surface area (Å²) in [6.45, 7) is 2.42. The van der Waals surface area contributed by atoms with Crippen LogP contribution >= 0.6 is 11.6 Å². The van der Waals surface area contributed by atoms with E-state index in [1.165, 1.54) is 12.8 Å². The van der Waals surface area contributed by atoms with Crippen LogP contribution in [-0.2, 0) is 29.0 Å². The molecule has 0 spiro atoms. The van der Waals surface area contributed by atoms with Crippen LogP contribution in [0, 0.1) is 0 Å². The summed E-state index contributed by atoms with van der Waals surface area (Å²) in [5, 5.41) is 3.63. The average molecular weight is 453 g/mol. The number of nitrogens with zero attached hydrogens (tertiary/aromatic N) is 3. The number of benzene rings is 2. The van der Waals surface area contributed by atoms with Gasteiger partial charge in [0.05, 0.1) is 17.5 Å². The lowest BCUT2D eigenvalue weighted by atomic mass is 10.1. The van der Waals surface area contributed by atoms with Crippen molar-refractivity contribution in [2.45, 2.75) is 45.1 Å². The average Bonchev–Trinajstić information content (AvgIpc) is 2.95. The molecule has 1 aliphatic rings. The van der Waals surface area contributed by atoms with Crippen molar-refractivity contribution in [2.75, 3.05) is 19.6 Å². The number of fused-ring (bicyclic) bond motifs is 1. The van der Waals surface area contributed by atoms with Crippen LogP contribution in [-0.4, -0.2) is 45.9 Å². The molecule has 1 fully saturated rings. The van der Waals surface area contributed by atoms with E-state index in [-0.39, 0.29) is 18.4 Å². The Morgan fingerprint density at radius 2 is 1.69 bits per heavy atom. The van der Waals surface area contributed by atoms with Gasteiger partial charge in [0.15, 0.2) is 0 Å². The minimum Gasteiger partial charge on any atom is -0.355 e. The van der Waals surface area contributed by atoms with E-state index >= 15 is 0 Å². The third-order valence-electron chi connectivity index (χ3n) is 5.93. The lowest BCUT2D eigenvalue weighted by Crippen LogP contribution is -2.35. The first-order valence-corrected chi connectivity index (χ1v) is 11.7. The standard InChI is InChI=1S/C25H29ClN4O2/c26-20-11-9-19(10-12-20)17-24(31)27-14-13-23-28-21-7-3-4-8-22(21)30(23)18-25(32)29-15-5-1-2-6-16-29/h3-4,7-12H,1-2,5-6,13-18H2,(H,27,31). The number of nitrogens with one attached hydrogen (secondary N) is 1. The Balaban J connectivity index is 1.41. The summed E-state index contributed by atoms with van der Waals surface area (Å²) in [6, 6.07) is 15.2. The molecular weight excluding hydrogens is 424 g/mol. The monoisotopic (exact) mass is 452 g/mol. The van der Waals surface area contributed by atoms with Gasteiger partial charge in [-0.1, -0.05) is 48.7 Å². The number of hydrogen-bond donors (Lipinski definition) is 1. The van der Waals surface area contributed by atoms with Crippen molar-refractivity contribution in [3.8, 4) is 0 Å². The highest BCUT2D eigenvalue weighted by Gasteiger charge is 2.19. The zero-order valence-corrected chi connectivity index (χ0v) is 19.0. The number of halogens is 1. The summed E-state index contributed by atoms with van der Waals surface area (Å²) < 4.78 is 2.01. The topological polar surface area (TPSA) is 67.2 Å². The van der Waals surface area contributed by atoms with Crippen LogP contribution < -0.4 is 5.32 Å².